The lowest BCUT2D eigenvalue weighted by atomic mass is 10.0. The number of amides is 3. The second-order valence-corrected chi connectivity index (χ2v) is 8.82. The second kappa shape index (κ2) is 9.01. The summed E-state index contributed by atoms with van der Waals surface area (Å²) < 4.78 is 5.70. The normalized spacial score (nSPS) is 17.7. The maximum atomic E-state index is 12.8. The van der Waals surface area contributed by atoms with Crippen molar-refractivity contribution in [3.63, 3.8) is 0 Å². The lowest BCUT2D eigenvalue weighted by Gasteiger charge is -2.23. The number of hydrogen-bond acceptors (Lipinski definition) is 5. The highest BCUT2D eigenvalue weighted by molar-refractivity contribution is 7.99. The van der Waals surface area contributed by atoms with Crippen molar-refractivity contribution in [1.29, 1.82) is 0 Å². The SMILES string of the molecule is Cc1ccc(NC(=O)C2CSCN2C(=O)COc2ccc3c(c2)CCC(=O)N3)cc1C. The molecule has 0 bridgehead atoms. The van der Waals surface area contributed by atoms with Crippen LogP contribution in [0, 0.1) is 13.8 Å². The molecule has 2 aliphatic heterocycles. The van der Waals surface area contributed by atoms with Crippen molar-refractivity contribution in [2.24, 2.45) is 0 Å². The van der Waals surface area contributed by atoms with Crippen LogP contribution in [0.3, 0.4) is 0 Å². The Morgan fingerprint density at radius 3 is 2.81 bits per heavy atom. The third-order valence-corrected chi connectivity index (χ3v) is 6.63. The monoisotopic (exact) mass is 439 g/mol. The molecule has 1 fully saturated rings. The van der Waals surface area contributed by atoms with Crippen LogP contribution in [-0.2, 0) is 20.8 Å². The number of nitrogens with zero attached hydrogens (tertiary/aromatic N) is 1. The van der Waals surface area contributed by atoms with Gasteiger partial charge in [-0.1, -0.05) is 6.07 Å². The summed E-state index contributed by atoms with van der Waals surface area (Å²) in [5.74, 6) is 1.19. The van der Waals surface area contributed by atoms with Crippen molar-refractivity contribution >= 4 is 40.9 Å². The Hall–Kier alpha value is -3.00. The molecule has 2 aromatic rings. The minimum atomic E-state index is -0.526. The summed E-state index contributed by atoms with van der Waals surface area (Å²) in [5.41, 5.74) is 4.77. The smallest absolute Gasteiger partial charge is 0.261 e. The molecule has 7 nitrogen and oxygen atoms in total. The predicted octanol–water partition coefficient (Wildman–Crippen LogP) is 3.11. The molecule has 162 valence electrons. The van der Waals surface area contributed by atoms with Crippen molar-refractivity contribution in [3.8, 4) is 5.75 Å². The zero-order chi connectivity index (χ0) is 22.0. The molecule has 3 amide bonds. The molecule has 2 N–H and O–H groups in total. The van der Waals surface area contributed by atoms with Crippen LogP contribution in [0.25, 0.3) is 0 Å². The Morgan fingerprint density at radius 1 is 1.16 bits per heavy atom. The molecule has 8 heteroatoms. The molecule has 1 atom stereocenters. The number of hydrogen-bond donors (Lipinski definition) is 2. The van der Waals surface area contributed by atoms with E-state index in [2.05, 4.69) is 10.6 Å². The Morgan fingerprint density at radius 2 is 2.00 bits per heavy atom. The zero-order valence-electron chi connectivity index (χ0n) is 17.6. The number of anilines is 2. The zero-order valence-corrected chi connectivity index (χ0v) is 18.4. The fourth-order valence-electron chi connectivity index (χ4n) is 3.63. The van der Waals surface area contributed by atoms with Crippen LogP contribution >= 0.6 is 11.8 Å². The van der Waals surface area contributed by atoms with Gasteiger partial charge in [0.1, 0.15) is 11.8 Å². The van der Waals surface area contributed by atoms with Gasteiger partial charge in [0.2, 0.25) is 11.8 Å². The third kappa shape index (κ3) is 4.85. The number of nitrogens with one attached hydrogen (secondary N) is 2. The van der Waals surface area contributed by atoms with Crippen LogP contribution in [0.5, 0.6) is 5.75 Å². The molecule has 1 unspecified atom stereocenters. The van der Waals surface area contributed by atoms with Gasteiger partial charge in [-0.15, -0.1) is 11.8 Å². The summed E-state index contributed by atoms with van der Waals surface area (Å²) >= 11 is 1.55. The van der Waals surface area contributed by atoms with Crippen LogP contribution in [0.1, 0.15) is 23.1 Å². The van der Waals surface area contributed by atoms with Crippen molar-refractivity contribution in [2.45, 2.75) is 32.7 Å². The molecule has 31 heavy (non-hydrogen) atoms. The molecule has 1 saturated heterocycles. The number of fused-ring (bicyclic) bond motifs is 1. The molecular weight excluding hydrogens is 414 g/mol. The summed E-state index contributed by atoms with van der Waals surface area (Å²) in [4.78, 5) is 38.6. The van der Waals surface area contributed by atoms with Gasteiger partial charge in [-0.3, -0.25) is 14.4 Å². The molecule has 0 aliphatic carbocycles. The largest absolute Gasteiger partial charge is 0.484 e. The lowest BCUT2D eigenvalue weighted by Crippen LogP contribution is -2.46. The van der Waals surface area contributed by atoms with Crippen LogP contribution in [0.2, 0.25) is 0 Å². The van der Waals surface area contributed by atoms with Gasteiger partial charge in [-0.25, -0.2) is 0 Å². The quantitative estimate of drug-likeness (QED) is 0.748. The first-order valence-electron chi connectivity index (χ1n) is 10.2. The van der Waals surface area contributed by atoms with Gasteiger partial charge in [-0.2, -0.15) is 0 Å². The topological polar surface area (TPSA) is 87.7 Å². The van der Waals surface area contributed by atoms with Gasteiger partial charge in [0, 0.05) is 23.5 Å². The number of rotatable bonds is 5. The van der Waals surface area contributed by atoms with E-state index >= 15 is 0 Å². The van der Waals surface area contributed by atoms with Gasteiger partial charge in [0.15, 0.2) is 6.61 Å². The maximum Gasteiger partial charge on any atom is 0.261 e. The molecule has 0 saturated carbocycles. The highest BCUT2D eigenvalue weighted by atomic mass is 32.2. The van der Waals surface area contributed by atoms with E-state index in [1.165, 1.54) is 0 Å². The first-order valence-corrected chi connectivity index (χ1v) is 11.4. The van der Waals surface area contributed by atoms with Crippen LogP contribution in [0.4, 0.5) is 11.4 Å². The molecule has 0 spiro atoms. The van der Waals surface area contributed by atoms with E-state index < -0.39 is 6.04 Å². The van der Waals surface area contributed by atoms with Crippen molar-refractivity contribution in [2.75, 3.05) is 28.9 Å². The standard InChI is InChI=1S/C23H25N3O4S/c1-14-3-5-17(9-15(14)2)24-23(29)20-12-31-13-26(20)22(28)11-30-18-6-7-19-16(10-18)4-8-21(27)25-19/h3,5-7,9-10,20H,4,8,11-13H2,1-2H3,(H,24,29)(H,25,27). The van der Waals surface area contributed by atoms with Gasteiger partial charge >= 0.3 is 0 Å². The van der Waals surface area contributed by atoms with Gasteiger partial charge in [0.25, 0.3) is 5.91 Å². The number of thioether (sulfide) groups is 1. The molecular formula is C23H25N3O4S. The summed E-state index contributed by atoms with van der Waals surface area (Å²) in [7, 11) is 0. The summed E-state index contributed by atoms with van der Waals surface area (Å²) in [5, 5.41) is 5.75. The van der Waals surface area contributed by atoms with Gasteiger partial charge < -0.3 is 20.3 Å². The van der Waals surface area contributed by atoms with E-state index in [-0.39, 0.29) is 24.3 Å². The van der Waals surface area contributed by atoms with Crippen LogP contribution in [-0.4, -0.2) is 46.9 Å². The highest BCUT2D eigenvalue weighted by Crippen LogP contribution is 2.27. The molecule has 0 aromatic heterocycles. The summed E-state index contributed by atoms with van der Waals surface area (Å²) in [6, 6.07) is 10.6. The Labute approximate surface area is 185 Å². The Kier molecular flexibility index (Phi) is 6.18. The Balaban J connectivity index is 1.36. The first kappa shape index (κ1) is 21.2. The first-order chi connectivity index (χ1) is 14.9. The number of aryl methyl sites for hydroxylation is 3. The van der Waals surface area contributed by atoms with Crippen LogP contribution in [0.15, 0.2) is 36.4 Å². The molecule has 4 rings (SSSR count). The van der Waals surface area contributed by atoms with Gasteiger partial charge in [0.05, 0.1) is 5.88 Å². The van der Waals surface area contributed by atoms with Crippen molar-refractivity contribution in [1.82, 2.24) is 4.90 Å². The van der Waals surface area contributed by atoms with Crippen LogP contribution < -0.4 is 15.4 Å². The van der Waals surface area contributed by atoms with Crippen molar-refractivity contribution < 1.29 is 19.1 Å². The van der Waals surface area contributed by atoms with E-state index in [4.69, 9.17) is 4.74 Å². The minimum absolute atomic E-state index is 0.00740. The molecule has 2 aromatic carbocycles. The summed E-state index contributed by atoms with van der Waals surface area (Å²) in [6.45, 7) is 3.88. The number of carbonyl (C=O) groups is 3. The predicted molar refractivity (Wildman–Crippen MR) is 121 cm³/mol. The van der Waals surface area contributed by atoms with E-state index in [1.54, 1.807) is 28.8 Å². The molecule has 2 heterocycles. The fraction of sp³-hybridized carbons (Fsp3) is 0.348. The average Bonchev–Trinajstić information content (AvgIpc) is 3.25. The lowest BCUT2D eigenvalue weighted by molar-refractivity contribution is -0.137. The number of ether oxygens (including phenoxy) is 1. The Bertz CT molecular complexity index is 1040. The van der Waals surface area contributed by atoms with E-state index in [0.29, 0.717) is 30.2 Å². The molecule has 0 radical (unpaired) electrons. The third-order valence-electron chi connectivity index (χ3n) is 5.61. The second-order valence-electron chi connectivity index (χ2n) is 7.82. The fourth-order valence-corrected chi connectivity index (χ4v) is 4.81. The number of benzene rings is 2. The minimum Gasteiger partial charge on any atom is -0.484 e. The van der Waals surface area contributed by atoms with E-state index in [1.807, 2.05) is 38.1 Å². The van der Waals surface area contributed by atoms with Crippen molar-refractivity contribution in [3.05, 3.63) is 53.1 Å². The van der Waals surface area contributed by atoms with E-state index in [9.17, 15) is 14.4 Å². The number of carbonyl (C=O) groups excluding carboxylic acids is 3. The maximum absolute atomic E-state index is 12.8. The van der Waals surface area contributed by atoms with Gasteiger partial charge in [-0.05, 0) is 67.3 Å². The average molecular weight is 440 g/mol. The summed E-state index contributed by atoms with van der Waals surface area (Å²) in [6.07, 6.45) is 1.09. The molecule has 2 aliphatic rings. The highest BCUT2D eigenvalue weighted by Gasteiger charge is 2.35. The van der Waals surface area contributed by atoms with E-state index in [0.717, 1.165) is 28.1 Å².